The fourth-order valence-electron chi connectivity index (χ4n) is 2.82. The molecule has 2 N–H and O–H groups in total. The molecule has 0 unspecified atom stereocenters. The van der Waals surface area contributed by atoms with Crippen molar-refractivity contribution in [2.24, 2.45) is 0 Å². The minimum absolute atomic E-state index is 0.0285. The maximum Gasteiger partial charge on any atom is 0.307 e. The van der Waals surface area contributed by atoms with Gasteiger partial charge in [-0.25, -0.2) is 0 Å². The molecule has 3 aromatic rings. The van der Waals surface area contributed by atoms with Crippen LogP contribution in [0.15, 0.2) is 66.7 Å². The van der Waals surface area contributed by atoms with Crippen molar-refractivity contribution < 1.29 is 14.6 Å². The molecule has 4 nitrogen and oxygen atoms in total. The third kappa shape index (κ3) is 6.27. The highest BCUT2D eigenvalue weighted by atomic mass is 35.5. The van der Waals surface area contributed by atoms with Crippen molar-refractivity contribution in [1.29, 1.82) is 0 Å². The second-order valence-electron chi connectivity index (χ2n) is 6.35. The summed E-state index contributed by atoms with van der Waals surface area (Å²) in [7, 11) is 0. The van der Waals surface area contributed by atoms with E-state index in [0.717, 1.165) is 16.7 Å². The maximum absolute atomic E-state index is 10.8. The number of rotatable bonds is 8. The monoisotopic (exact) mass is 415 g/mol. The van der Waals surface area contributed by atoms with E-state index in [4.69, 9.17) is 33.0 Å². The lowest BCUT2D eigenvalue weighted by Gasteiger charge is -2.10. The van der Waals surface area contributed by atoms with Crippen LogP contribution in [0.2, 0.25) is 10.0 Å². The predicted molar refractivity (Wildman–Crippen MR) is 111 cm³/mol. The van der Waals surface area contributed by atoms with Crippen molar-refractivity contribution in [3.05, 3.63) is 93.5 Å². The minimum atomic E-state index is -0.831. The maximum atomic E-state index is 10.8. The molecule has 0 amide bonds. The van der Waals surface area contributed by atoms with E-state index in [1.54, 1.807) is 18.2 Å². The Kier molecular flexibility index (Phi) is 6.93. The average Bonchev–Trinajstić information content (AvgIpc) is 2.61. The summed E-state index contributed by atoms with van der Waals surface area (Å²) in [4.78, 5) is 10.8. The third-order valence-electron chi connectivity index (χ3n) is 3.98. The SMILES string of the molecule is O=C(O)Cc1cccc(CNCc2cccc(Oc3cc(Cl)cc(Cl)c3)c2)c1. The fraction of sp³-hybridized carbons (Fsp3) is 0.136. The molecule has 3 aromatic carbocycles. The van der Waals surface area contributed by atoms with Gasteiger partial charge in [-0.1, -0.05) is 59.6 Å². The van der Waals surface area contributed by atoms with Gasteiger partial charge in [0.05, 0.1) is 6.42 Å². The number of halogens is 2. The predicted octanol–water partition coefficient (Wildman–Crippen LogP) is 5.70. The summed E-state index contributed by atoms with van der Waals surface area (Å²) in [5.41, 5.74) is 2.90. The number of nitrogens with one attached hydrogen (secondary N) is 1. The van der Waals surface area contributed by atoms with Crippen molar-refractivity contribution in [2.75, 3.05) is 0 Å². The molecule has 0 aliphatic heterocycles. The van der Waals surface area contributed by atoms with Crippen LogP contribution in [-0.2, 0) is 24.3 Å². The number of carbonyl (C=O) groups is 1. The van der Waals surface area contributed by atoms with Gasteiger partial charge in [0.25, 0.3) is 0 Å². The van der Waals surface area contributed by atoms with Gasteiger partial charge in [-0.15, -0.1) is 0 Å². The lowest BCUT2D eigenvalue weighted by molar-refractivity contribution is -0.136. The first-order valence-corrected chi connectivity index (χ1v) is 9.47. The van der Waals surface area contributed by atoms with E-state index in [0.29, 0.717) is 34.6 Å². The van der Waals surface area contributed by atoms with E-state index in [2.05, 4.69) is 5.32 Å². The summed E-state index contributed by atoms with van der Waals surface area (Å²) in [6, 6.07) is 20.4. The molecule has 0 saturated heterocycles. The molecular weight excluding hydrogens is 397 g/mol. The lowest BCUT2D eigenvalue weighted by Crippen LogP contribution is -2.13. The Labute approximate surface area is 173 Å². The number of carboxylic acid groups (broad SMARTS) is 1. The van der Waals surface area contributed by atoms with Gasteiger partial charge in [0.15, 0.2) is 0 Å². The number of hydrogen-bond acceptors (Lipinski definition) is 3. The molecule has 0 fully saturated rings. The number of ether oxygens (including phenoxy) is 1. The highest BCUT2D eigenvalue weighted by Gasteiger charge is 2.04. The molecule has 0 heterocycles. The van der Waals surface area contributed by atoms with Gasteiger partial charge in [0.1, 0.15) is 11.5 Å². The Hall–Kier alpha value is -2.53. The van der Waals surface area contributed by atoms with Gasteiger partial charge in [0.2, 0.25) is 0 Å². The molecule has 0 aliphatic rings. The van der Waals surface area contributed by atoms with Crippen LogP contribution in [0.25, 0.3) is 0 Å². The number of carboxylic acids is 1. The van der Waals surface area contributed by atoms with E-state index in [9.17, 15) is 4.79 Å². The highest BCUT2D eigenvalue weighted by Crippen LogP contribution is 2.28. The van der Waals surface area contributed by atoms with Crippen LogP contribution >= 0.6 is 23.2 Å². The summed E-state index contributed by atoms with van der Waals surface area (Å²) in [6.45, 7) is 1.29. The smallest absolute Gasteiger partial charge is 0.307 e. The molecule has 0 spiro atoms. The van der Waals surface area contributed by atoms with E-state index >= 15 is 0 Å². The van der Waals surface area contributed by atoms with Gasteiger partial charge in [-0.05, 0) is 47.0 Å². The van der Waals surface area contributed by atoms with Crippen molar-refractivity contribution in [2.45, 2.75) is 19.5 Å². The first kappa shape index (κ1) is 20.2. The zero-order chi connectivity index (χ0) is 19.9. The van der Waals surface area contributed by atoms with E-state index in [1.165, 1.54) is 0 Å². The van der Waals surface area contributed by atoms with Gasteiger partial charge in [-0.2, -0.15) is 0 Å². The second-order valence-corrected chi connectivity index (χ2v) is 7.22. The van der Waals surface area contributed by atoms with Gasteiger partial charge >= 0.3 is 5.97 Å². The van der Waals surface area contributed by atoms with E-state index in [-0.39, 0.29) is 6.42 Å². The molecule has 0 atom stereocenters. The van der Waals surface area contributed by atoms with Crippen molar-refractivity contribution in [3.63, 3.8) is 0 Å². The van der Waals surface area contributed by atoms with Crippen LogP contribution in [0.1, 0.15) is 16.7 Å². The van der Waals surface area contributed by atoms with Crippen molar-refractivity contribution in [3.8, 4) is 11.5 Å². The molecule has 0 bridgehead atoms. The topological polar surface area (TPSA) is 58.6 Å². The lowest BCUT2D eigenvalue weighted by atomic mass is 10.1. The van der Waals surface area contributed by atoms with Gasteiger partial charge in [-0.3, -0.25) is 4.79 Å². The molecule has 3 rings (SSSR count). The zero-order valence-corrected chi connectivity index (χ0v) is 16.5. The molecule has 0 aliphatic carbocycles. The van der Waals surface area contributed by atoms with Crippen molar-refractivity contribution >= 4 is 29.2 Å². The summed E-state index contributed by atoms with van der Waals surface area (Å²) < 4.78 is 5.85. The van der Waals surface area contributed by atoms with Crippen LogP contribution in [0, 0.1) is 0 Å². The summed E-state index contributed by atoms with van der Waals surface area (Å²) in [5, 5.41) is 13.3. The van der Waals surface area contributed by atoms with Crippen LogP contribution < -0.4 is 10.1 Å². The largest absolute Gasteiger partial charge is 0.481 e. The number of benzene rings is 3. The molecule has 0 saturated carbocycles. The Morgan fingerprint density at radius 2 is 1.43 bits per heavy atom. The summed E-state index contributed by atoms with van der Waals surface area (Å²) in [5.74, 6) is 0.446. The molecule has 6 heteroatoms. The van der Waals surface area contributed by atoms with Gasteiger partial charge in [0, 0.05) is 23.1 Å². The average molecular weight is 416 g/mol. The molecule has 144 valence electrons. The summed E-state index contributed by atoms with van der Waals surface area (Å²) in [6.07, 6.45) is 0.0285. The third-order valence-corrected chi connectivity index (χ3v) is 4.41. The zero-order valence-electron chi connectivity index (χ0n) is 15.0. The molecule has 0 aromatic heterocycles. The first-order chi connectivity index (χ1) is 13.5. The van der Waals surface area contributed by atoms with Crippen molar-refractivity contribution in [1.82, 2.24) is 5.32 Å². The Morgan fingerprint density at radius 1 is 0.821 bits per heavy atom. The normalized spacial score (nSPS) is 10.6. The Bertz CT molecular complexity index is 955. The Balaban J connectivity index is 1.58. The quantitative estimate of drug-likeness (QED) is 0.495. The molecular formula is C22H19Cl2NO3. The van der Waals surface area contributed by atoms with Crippen LogP contribution in [0.3, 0.4) is 0 Å². The Morgan fingerprint density at radius 3 is 2.11 bits per heavy atom. The molecule has 28 heavy (non-hydrogen) atoms. The van der Waals surface area contributed by atoms with Crippen LogP contribution in [0.4, 0.5) is 0 Å². The summed E-state index contributed by atoms with van der Waals surface area (Å²) >= 11 is 12.0. The van der Waals surface area contributed by atoms with E-state index < -0.39 is 5.97 Å². The van der Waals surface area contributed by atoms with E-state index in [1.807, 2.05) is 48.5 Å². The number of hydrogen-bond donors (Lipinski definition) is 2. The standard InChI is InChI=1S/C22H19Cl2NO3/c23-18-10-19(24)12-21(11-18)28-20-6-2-5-17(8-20)14-25-13-16-4-1-3-15(7-16)9-22(26)27/h1-8,10-12,25H,9,13-14H2,(H,26,27). The van der Waals surface area contributed by atoms with Crippen LogP contribution in [0.5, 0.6) is 11.5 Å². The second kappa shape index (κ2) is 9.60. The first-order valence-electron chi connectivity index (χ1n) is 8.71. The highest BCUT2D eigenvalue weighted by molar-refractivity contribution is 6.34. The molecule has 0 radical (unpaired) electrons. The fourth-order valence-corrected chi connectivity index (χ4v) is 3.32. The van der Waals surface area contributed by atoms with Crippen LogP contribution in [-0.4, -0.2) is 11.1 Å². The number of aliphatic carboxylic acids is 1. The minimum Gasteiger partial charge on any atom is -0.481 e. The van der Waals surface area contributed by atoms with Gasteiger partial charge < -0.3 is 15.2 Å².